The predicted octanol–water partition coefficient (Wildman–Crippen LogP) is 2.41. The van der Waals surface area contributed by atoms with Crippen molar-refractivity contribution in [2.24, 2.45) is 0 Å². The molecule has 0 fully saturated rings. The van der Waals surface area contributed by atoms with Crippen LogP contribution < -0.4 is 20.1 Å². The van der Waals surface area contributed by atoms with Crippen LogP contribution in [-0.2, 0) is 9.59 Å². The van der Waals surface area contributed by atoms with Gasteiger partial charge in [-0.05, 0) is 35.9 Å². The average Bonchev–Trinajstić information content (AvgIpc) is 2.71. The first-order chi connectivity index (χ1) is 13.2. The van der Waals surface area contributed by atoms with E-state index in [4.69, 9.17) is 9.47 Å². The van der Waals surface area contributed by atoms with Crippen molar-refractivity contribution in [3.8, 4) is 11.5 Å². The van der Waals surface area contributed by atoms with Crippen molar-refractivity contribution in [1.82, 2.24) is 10.6 Å². The number of rotatable bonds is 10. The normalized spacial score (nSPS) is 10.4. The van der Waals surface area contributed by atoms with Gasteiger partial charge in [-0.25, -0.2) is 0 Å². The molecular weight excluding hydrogens is 344 g/mol. The number of para-hydroxylation sites is 1. The van der Waals surface area contributed by atoms with Gasteiger partial charge in [-0.15, -0.1) is 0 Å². The molecule has 6 heteroatoms. The molecule has 2 aromatic rings. The Morgan fingerprint density at radius 1 is 0.926 bits per heavy atom. The van der Waals surface area contributed by atoms with Gasteiger partial charge in [-0.3, -0.25) is 9.59 Å². The van der Waals surface area contributed by atoms with E-state index in [9.17, 15) is 9.59 Å². The molecule has 0 saturated carbocycles. The standard InChI is InChI=1S/C21H24N2O4/c1-26-18-10-7-17(8-11-18)9-12-20(24)22-14-13-21(25)23-15-16-27-19-5-3-2-4-6-19/h2-12H,13-16H2,1H3,(H,22,24)(H,23,25). The summed E-state index contributed by atoms with van der Waals surface area (Å²) in [6.45, 7) is 1.09. The molecule has 0 radical (unpaired) electrons. The molecule has 0 unspecified atom stereocenters. The molecule has 0 aliphatic rings. The second kappa shape index (κ2) is 11.4. The highest BCUT2D eigenvalue weighted by molar-refractivity contribution is 5.92. The fraction of sp³-hybridized carbons (Fsp3) is 0.238. The smallest absolute Gasteiger partial charge is 0.244 e. The minimum atomic E-state index is -0.244. The maximum Gasteiger partial charge on any atom is 0.244 e. The lowest BCUT2D eigenvalue weighted by molar-refractivity contribution is -0.121. The first-order valence-corrected chi connectivity index (χ1v) is 8.72. The second-order valence-electron chi connectivity index (χ2n) is 5.66. The van der Waals surface area contributed by atoms with E-state index in [-0.39, 0.29) is 24.8 Å². The third-order valence-corrected chi connectivity index (χ3v) is 3.63. The van der Waals surface area contributed by atoms with E-state index in [0.717, 1.165) is 17.1 Å². The van der Waals surface area contributed by atoms with Crippen LogP contribution in [-0.4, -0.2) is 38.6 Å². The molecule has 2 aromatic carbocycles. The summed E-state index contributed by atoms with van der Waals surface area (Å²) in [7, 11) is 1.60. The number of hydrogen-bond donors (Lipinski definition) is 2. The summed E-state index contributed by atoms with van der Waals surface area (Å²) in [5.41, 5.74) is 0.891. The number of nitrogens with one attached hydrogen (secondary N) is 2. The summed E-state index contributed by atoms with van der Waals surface area (Å²) >= 11 is 0. The van der Waals surface area contributed by atoms with Gasteiger partial charge in [-0.2, -0.15) is 0 Å². The minimum Gasteiger partial charge on any atom is -0.497 e. The Hall–Kier alpha value is -3.28. The van der Waals surface area contributed by atoms with Crippen molar-refractivity contribution in [2.75, 3.05) is 26.8 Å². The van der Waals surface area contributed by atoms with Crippen LogP contribution in [0.1, 0.15) is 12.0 Å². The third-order valence-electron chi connectivity index (χ3n) is 3.63. The number of ether oxygens (including phenoxy) is 2. The SMILES string of the molecule is COc1ccc(C=CC(=O)NCCC(=O)NCCOc2ccccc2)cc1. The molecule has 0 spiro atoms. The molecule has 6 nitrogen and oxygen atoms in total. The molecular formula is C21H24N2O4. The van der Waals surface area contributed by atoms with Gasteiger partial charge in [-0.1, -0.05) is 30.3 Å². The molecule has 0 aliphatic heterocycles. The number of carbonyl (C=O) groups excluding carboxylic acids is 2. The summed E-state index contributed by atoms with van der Waals surface area (Å²) in [5, 5.41) is 5.43. The van der Waals surface area contributed by atoms with Crippen molar-refractivity contribution in [3.63, 3.8) is 0 Å². The maximum atomic E-state index is 11.8. The second-order valence-corrected chi connectivity index (χ2v) is 5.66. The third kappa shape index (κ3) is 8.09. The van der Waals surface area contributed by atoms with Gasteiger partial charge in [0, 0.05) is 19.0 Å². The van der Waals surface area contributed by atoms with Crippen molar-refractivity contribution in [1.29, 1.82) is 0 Å². The molecule has 0 aliphatic carbocycles. The van der Waals surface area contributed by atoms with Gasteiger partial charge in [0.15, 0.2) is 0 Å². The molecule has 0 atom stereocenters. The van der Waals surface area contributed by atoms with Crippen molar-refractivity contribution >= 4 is 17.9 Å². The van der Waals surface area contributed by atoms with E-state index in [1.54, 1.807) is 13.2 Å². The number of benzene rings is 2. The average molecular weight is 368 g/mol. The van der Waals surface area contributed by atoms with Crippen LogP contribution in [0, 0.1) is 0 Å². The zero-order valence-electron chi connectivity index (χ0n) is 15.3. The molecule has 0 aromatic heterocycles. The quantitative estimate of drug-likeness (QED) is 0.499. The van der Waals surface area contributed by atoms with Crippen LogP contribution in [0.2, 0.25) is 0 Å². The highest BCUT2D eigenvalue weighted by Crippen LogP contribution is 2.12. The summed E-state index contributed by atoms with van der Waals surface area (Å²) in [6.07, 6.45) is 3.36. The topological polar surface area (TPSA) is 76.7 Å². The number of hydrogen-bond acceptors (Lipinski definition) is 4. The van der Waals surface area contributed by atoms with E-state index in [1.807, 2.05) is 54.6 Å². The van der Waals surface area contributed by atoms with Crippen molar-refractivity contribution in [3.05, 3.63) is 66.2 Å². The van der Waals surface area contributed by atoms with Gasteiger partial charge in [0.25, 0.3) is 0 Å². The zero-order valence-corrected chi connectivity index (χ0v) is 15.3. The lowest BCUT2D eigenvalue weighted by Gasteiger charge is -2.07. The number of carbonyl (C=O) groups is 2. The van der Waals surface area contributed by atoms with E-state index in [0.29, 0.717) is 13.2 Å². The van der Waals surface area contributed by atoms with Gasteiger partial charge < -0.3 is 20.1 Å². The first kappa shape index (κ1) is 20.0. The minimum absolute atomic E-state index is 0.133. The lowest BCUT2D eigenvalue weighted by atomic mass is 10.2. The van der Waals surface area contributed by atoms with E-state index in [1.165, 1.54) is 6.08 Å². The van der Waals surface area contributed by atoms with Gasteiger partial charge in [0.1, 0.15) is 18.1 Å². The summed E-state index contributed by atoms with van der Waals surface area (Å²) < 4.78 is 10.6. The van der Waals surface area contributed by atoms with Crippen LogP contribution in [0.3, 0.4) is 0 Å². The van der Waals surface area contributed by atoms with Gasteiger partial charge in [0.2, 0.25) is 11.8 Å². The highest BCUT2D eigenvalue weighted by Gasteiger charge is 2.02. The van der Waals surface area contributed by atoms with Crippen LogP contribution in [0.25, 0.3) is 6.08 Å². The summed E-state index contributed by atoms with van der Waals surface area (Å²) in [5.74, 6) is 1.15. The maximum absolute atomic E-state index is 11.8. The number of methoxy groups -OCH3 is 1. The molecule has 2 rings (SSSR count). The molecule has 0 bridgehead atoms. The Morgan fingerprint density at radius 2 is 1.67 bits per heavy atom. The zero-order chi connectivity index (χ0) is 19.3. The molecule has 142 valence electrons. The van der Waals surface area contributed by atoms with Crippen molar-refractivity contribution < 1.29 is 19.1 Å². The molecule has 0 saturated heterocycles. The van der Waals surface area contributed by atoms with Crippen LogP contribution in [0.5, 0.6) is 11.5 Å². The molecule has 2 amide bonds. The Balaban J connectivity index is 1.57. The molecule has 27 heavy (non-hydrogen) atoms. The van der Waals surface area contributed by atoms with Crippen molar-refractivity contribution in [2.45, 2.75) is 6.42 Å². The highest BCUT2D eigenvalue weighted by atomic mass is 16.5. The van der Waals surface area contributed by atoms with E-state index < -0.39 is 0 Å². The lowest BCUT2D eigenvalue weighted by Crippen LogP contribution is -2.32. The number of amides is 2. The largest absolute Gasteiger partial charge is 0.497 e. The van der Waals surface area contributed by atoms with Gasteiger partial charge >= 0.3 is 0 Å². The van der Waals surface area contributed by atoms with Crippen LogP contribution >= 0.6 is 0 Å². The van der Waals surface area contributed by atoms with Crippen LogP contribution in [0.4, 0.5) is 0 Å². The fourth-order valence-electron chi connectivity index (χ4n) is 2.21. The fourth-order valence-corrected chi connectivity index (χ4v) is 2.21. The Morgan fingerprint density at radius 3 is 2.37 bits per heavy atom. The summed E-state index contributed by atoms with van der Waals surface area (Å²) in [4.78, 5) is 23.5. The molecule has 0 heterocycles. The summed E-state index contributed by atoms with van der Waals surface area (Å²) in [6, 6.07) is 16.8. The van der Waals surface area contributed by atoms with E-state index in [2.05, 4.69) is 10.6 Å². The Labute approximate surface area is 159 Å². The predicted molar refractivity (Wildman–Crippen MR) is 105 cm³/mol. The Kier molecular flexibility index (Phi) is 8.43. The van der Waals surface area contributed by atoms with Gasteiger partial charge in [0.05, 0.1) is 13.7 Å². The monoisotopic (exact) mass is 368 g/mol. The van der Waals surface area contributed by atoms with Crippen LogP contribution in [0.15, 0.2) is 60.7 Å². The first-order valence-electron chi connectivity index (χ1n) is 8.72. The Bertz CT molecular complexity index is 743. The molecule has 2 N–H and O–H groups in total. The van der Waals surface area contributed by atoms with E-state index >= 15 is 0 Å².